The first-order chi connectivity index (χ1) is 8.31. The van der Waals surface area contributed by atoms with Crippen LogP contribution in [-0.2, 0) is 6.54 Å². The summed E-state index contributed by atoms with van der Waals surface area (Å²) in [4.78, 5) is 0. The van der Waals surface area contributed by atoms with Crippen molar-refractivity contribution in [3.05, 3.63) is 42.2 Å². The minimum absolute atomic E-state index is 0.288. The van der Waals surface area contributed by atoms with Crippen LogP contribution in [-0.4, -0.2) is 12.6 Å². The molecule has 2 nitrogen and oxygen atoms in total. The molecule has 0 amide bonds. The Labute approximate surface area is 101 Å². The molecule has 0 aromatic heterocycles. The summed E-state index contributed by atoms with van der Waals surface area (Å²) in [6.45, 7) is 4.76. The summed E-state index contributed by atoms with van der Waals surface area (Å²) in [5.41, 5.74) is 0.890. The second-order valence-corrected chi connectivity index (χ2v) is 4.31. The molecular formula is C14H18FNO. The number of ether oxygens (including phenoxy) is 1. The fraction of sp³-hybridized carbons (Fsp3) is 0.429. The van der Waals surface area contributed by atoms with E-state index in [1.807, 2.05) is 6.07 Å². The Hall–Kier alpha value is -1.35. The maximum absolute atomic E-state index is 13.6. The van der Waals surface area contributed by atoms with E-state index in [-0.39, 0.29) is 5.82 Å². The number of rotatable bonds is 7. The van der Waals surface area contributed by atoms with Gasteiger partial charge in [0, 0.05) is 18.2 Å². The Morgan fingerprint density at radius 1 is 1.47 bits per heavy atom. The van der Waals surface area contributed by atoms with Crippen LogP contribution >= 0.6 is 0 Å². The molecule has 0 aliphatic heterocycles. The van der Waals surface area contributed by atoms with Crippen molar-refractivity contribution in [1.29, 1.82) is 0 Å². The zero-order valence-electron chi connectivity index (χ0n) is 9.92. The van der Waals surface area contributed by atoms with E-state index in [2.05, 4.69) is 11.9 Å². The lowest BCUT2D eigenvalue weighted by Crippen LogP contribution is -2.16. The van der Waals surface area contributed by atoms with Crippen LogP contribution in [0, 0.1) is 5.82 Å². The maximum atomic E-state index is 13.6. The van der Waals surface area contributed by atoms with Gasteiger partial charge in [-0.1, -0.05) is 18.2 Å². The van der Waals surface area contributed by atoms with Crippen LogP contribution in [0.4, 0.5) is 4.39 Å². The first kappa shape index (κ1) is 12.1. The largest absolute Gasteiger partial charge is 0.490 e. The highest BCUT2D eigenvalue weighted by Crippen LogP contribution is 2.25. The summed E-state index contributed by atoms with van der Waals surface area (Å²) < 4.78 is 19.1. The number of halogens is 1. The van der Waals surface area contributed by atoms with Crippen molar-refractivity contribution in [1.82, 2.24) is 5.32 Å². The summed E-state index contributed by atoms with van der Waals surface area (Å²) in [5.74, 6) is 0.0895. The lowest BCUT2D eigenvalue weighted by molar-refractivity contribution is 0.303. The van der Waals surface area contributed by atoms with Crippen LogP contribution in [0.25, 0.3) is 0 Å². The van der Waals surface area contributed by atoms with Crippen LogP contribution in [0.15, 0.2) is 30.9 Å². The zero-order valence-corrected chi connectivity index (χ0v) is 9.92. The molecular weight excluding hydrogens is 217 g/mol. The van der Waals surface area contributed by atoms with Crippen molar-refractivity contribution in [2.45, 2.75) is 31.8 Å². The van der Waals surface area contributed by atoms with E-state index in [1.165, 1.54) is 18.9 Å². The fourth-order valence-electron chi connectivity index (χ4n) is 1.64. The van der Waals surface area contributed by atoms with Crippen LogP contribution in [0.1, 0.15) is 24.8 Å². The lowest BCUT2D eigenvalue weighted by Gasteiger charge is -2.12. The molecule has 0 unspecified atom stereocenters. The lowest BCUT2D eigenvalue weighted by atomic mass is 10.2. The van der Waals surface area contributed by atoms with Gasteiger partial charge in [0.1, 0.15) is 0 Å². The van der Waals surface area contributed by atoms with Gasteiger partial charge in [-0.2, -0.15) is 0 Å². The number of hydrogen-bond acceptors (Lipinski definition) is 2. The third-order valence-corrected chi connectivity index (χ3v) is 2.78. The highest BCUT2D eigenvalue weighted by molar-refractivity contribution is 5.35. The molecule has 1 saturated carbocycles. The molecule has 1 aliphatic rings. The van der Waals surface area contributed by atoms with Gasteiger partial charge in [0.05, 0.1) is 6.61 Å². The van der Waals surface area contributed by atoms with Gasteiger partial charge in [0.2, 0.25) is 0 Å². The van der Waals surface area contributed by atoms with Gasteiger partial charge in [-0.25, -0.2) is 4.39 Å². The molecule has 0 bridgehead atoms. The monoisotopic (exact) mass is 235 g/mol. The second kappa shape index (κ2) is 5.82. The molecule has 0 radical (unpaired) electrons. The topological polar surface area (TPSA) is 21.3 Å². The Bertz CT molecular complexity index is 388. The normalized spacial score (nSPS) is 14.6. The van der Waals surface area contributed by atoms with Gasteiger partial charge in [-0.05, 0) is 25.3 Å². The van der Waals surface area contributed by atoms with Crippen LogP contribution in [0.2, 0.25) is 0 Å². The Kier molecular flexibility index (Phi) is 4.15. The Morgan fingerprint density at radius 3 is 3.00 bits per heavy atom. The van der Waals surface area contributed by atoms with Gasteiger partial charge in [-0.3, -0.25) is 0 Å². The first-order valence-electron chi connectivity index (χ1n) is 6.05. The molecule has 0 atom stereocenters. The third kappa shape index (κ3) is 3.56. The van der Waals surface area contributed by atoms with E-state index in [4.69, 9.17) is 4.74 Å². The molecule has 92 valence electrons. The Balaban J connectivity index is 2.00. The van der Waals surface area contributed by atoms with Gasteiger partial charge in [0.15, 0.2) is 11.6 Å². The molecule has 17 heavy (non-hydrogen) atoms. The standard InChI is InChI=1S/C14H18FNO/c1-2-3-9-17-14-11(5-4-6-13(14)15)10-16-12-7-8-12/h2,4-6,12,16H,1,3,7-10H2. The third-order valence-electron chi connectivity index (χ3n) is 2.78. The average Bonchev–Trinajstić information content (AvgIpc) is 3.13. The number of benzene rings is 1. The number of hydrogen-bond donors (Lipinski definition) is 1. The summed E-state index contributed by atoms with van der Waals surface area (Å²) >= 11 is 0. The molecule has 3 heteroatoms. The van der Waals surface area contributed by atoms with Gasteiger partial charge >= 0.3 is 0 Å². The van der Waals surface area contributed by atoms with E-state index < -0.39 is 0 Å². The minimum Gasteiger partial charge on any atom is -0.490 e. The van der Waals surface area contributed by atoms with E-state index in [0.717, 1.165) is 12.0 Å². The van der Waals surface area contributed by atoms with Gasteiger partial charge < -0.3 is 10.1 Å². The minimum atomic E-state index is -0.288. The average molecular weight is 235 g/mol. The quantitative estimate of drug-likeness (QED) is 0.579. The van der Waals surface area contributed by atoms with Crippen molar-refractivity contribution in [2.75, 3.05) is 6.61 Å². The molecule has 1 fully saturated rings. The fourth-order valence-corrected chi connectivity index (χ4v) is 1.64. The van der Waals surface area contributed by atoms with Gasteiger partial charge in [0.25, 0.3) is 0 Å². The van der Waals surface area contributed by atoms with Crippen molar-refractivity contribution < 1.29 is 9.13 Å². The van der Waals surface area contributed by atoms with E-state index in [0.29, 0.717) is 24.9 Å². The van der Waals surface area contributed by atoms with E-state index >= 15 is 0 Å². The molecule has 0 spiro atoms. The van der Waals surface area contributed by atoms with Crippen molar-refractivity contribution in [3.63, 3.8) is 0 Å². The first-order valence-corrected chi connectivity index (χ1v) is 6.05. The highest BCUT2D eigenvalue weighted by atomic mass is 19.1. The zero-order chi connectivity index (χ0) is 12.1. The van der Waals surface area contributed by atoms with Crippen molar-refractivity contribution >= 4 is 0 Å². The second-order valence-electron chi connectivity index (χ2n) is 4.31. The summed E-state index contributed by atoms with van der Waals surface area (Å²) in [5, 5.41) is 3.36. The molecule has 1 aromatic rings. The summed E-state index contributed by atoms with van der Waals surface area (Å²) in [6, 6.07) is 5.67. The molecule has 1 aliphatic carbocycles. The Morgan fingerprint density at radius 2 is 2.29 bits per heavy atom. The number of nitrogens with one attached hydrogen (secondary N) is 1. The van der Waals surface area contributed by atoms with Crippen molar-refractivity contribution in [2.24, 2.45) is 0 Å². The van der Waals surface area contributed by atoms with Gasteiger partial charge in [-0.15, -0.1) is 6.58 Å². The summed E-state index contributed by atoms with van der Waals surface area (Å²) in [6.07, 6.45) is 4.94. The smallest absolute Gasteiger partial charge is 0.165 e. The predicted molar refractivity (Wildman–Crippen MR) is 66.6 cm³/mol. The molecule has 1 aromatic carbocycles. The van der Waals surface area contributed by atoms with Crippen LogP contribution in [0.3, 0.4) is 0 Å². The highest BCUT2D eigenvalue weighted by Gasteiger charge is 2.21. The summed E-state index contributed by atoms with van der Waals surface area (Å²) in [7, 11) is 0. The van der Waals surface area contributed by atoms with Crippen LogP contribution < -0.4 is 10.1 Å². The van der Waals surface area contributed by atoms with Crippen LogP contribution in [0.5, 0.6) is 5.75 Å². The maximum Gasteiger partial charge on any atom is 0.165 e. The molecule has 0 heterocycles. The van der Waals surface area contributed by atoms with E-state index in [1.54, 1.807) is 12.1 Å². The molecule has 1 N–H and O–H groups in total. The molecule has 2 rings (SSSR count). The predicted octanol–water partition coefficient (Wildman–Crippen LogP) is 3.03. The number of para-hydroxylation sites is 1. The van der Waals surface area contributed by atoms with E-state index in [9.17, 15) is 4.39 Å². The SMILES string of the molecule is C=CCCOc1c(F)cccc1CNC1CC1. The molecule has 0 saturated heterocycles. The van der Waals surface area contributed by atoms with Crippen molar-refractivity contribution in [3.8, 4) is 5.75 Å².